The van der Waals surface area contributed by atoms with Crippen molar-refractivity contribution in [3.63, 3.8) is 0 Å². The van der Waals surface area contributed by atoms with E-state index in [-0.39, 0.29) is 0 Å². The smallest absolute Gasteiger partial charge is 0.130 e. The molecule has 4 rings (SSSR count). The first kappa shape index (κ1) is 30.7. The highest BCUT2D eigenvalue weighted by atomic mass is 32.2. The lowest BCUT2D eigenvalue weighted by Gasteiger charge is -2.05. The Morgan fingerprint density at radius 3 is 0.707 bits per heavy atom. The van der Waals surface area contributed by atoms with Crippen LogP contribution in [0.2, 0.25) is 0 Å². The predicted octanol–water partition coefficient (Wildman–Crippen LogP) is 8.69. The van der Waals surface area contributed by atoms with E-state index in [1.54, 1.807) is 47.0 Å². The van der Waals surface area contributed by atoms with Crippen molar-refractivity contribution >= 4 is 55.1 Å². The number of benzene rings is 4. The summed E-state index contributed by atoms with van der Waals surface area (Å²) in [5.74, 6) is 13.5. The molecule has 0 bridgehead atoms. The van der Waals surface area contributed by atoms with Crippen LogP contribution in [-0.2, 0) is 0 Å². The third-order valence-corrected chi connectivity index (χ3v) is 10.9. The van der Waals surface area contributed by atoms with Crippen molar-refractivity contribution < 1.29 is 0 Å². The Labute approximate surface area is 263 Å². The first-order chi connectivity index (χ1) is 20.0. The van der Waals surface area contributed by atoms with Crippen molar-refractivity contribution in [3.05, 3.63) is 119 Å². The van der Waals surface area contributed by atoms with Crippen molar-refractivity contribution in [2.24, 2.45) is 0 Å². The number of thioether (sulfide) groups is 4. The number of hydrogen-bond donors (Lipinski definition) is 0. The fraction of sp³-hybridized carbons (Fsp3) is 0.111. The second-order valence-corrected chi connectivity index (χ2v) is 14.7. The van der Waals surface area contributed by atoms with Gasteiger partial charge in [-0.1, -0.05) is 45.9 Å². The average molecular weight is 617 g/mol. The molecule has 5 heteroatoms. The molecule has 0 aliphatic rings. The highest BCUT2D eigenvalue weighted by molar-refractivity contribution is 7.99. The summed E-state index contributed by atoms with van der Waals surface area (Å²) < 4.78 is 0. The molecule has 0 aliphatic carbocycles. The Hall–Kier alpha value is -3.26. The minimum Gasteiger partial charge on any atom is -0.130 e. The van der Waals surface area contributed by atoms with Crippen LogP contribution in [0.1, 0.15) is 22.3 Å². The summed E-state index contributed by atoms with van der Waals surface area (Å²) in [6.45, 7) is 0. The summed E-state index contributed by atoms with van der Waals surface area (Å²) in [4.78, 5) is 4.81. The second kappa shape index (κ2) is 15.7. The lowest BCUT2D eigenvalue weighted by molar-refractivity contribution is 1.45. The van der Waals surface area contributed by atoms with Gasteiger partial charge in [-0.05, 0) is 122 Å². The van der Waals surface area contributed by atoms with Crippen molar-refractivity contribution in [3.8, 4) is 45.9 Å². The molecule has 0 atom stereocenters. The van der Waals surface area contributed by atoms with Crippen LogP contribution in [0.4, 0.5) is 0 Å². The van der Waals surface area contributed by atoms with Crippen LogP contribution in [0.5, 0.6) is 0 Å². The van der Waals surface area contributed by atoms with Crippen molar-refractivity contribution in [2.75, 3.05) is 25.0 Å². The van der Waals surface area contributed by atoms with Gasteiger partial charge >= 0.3 is 8.07 Å². The predicted molar refractivity (Wildman–Crippen MR) is 186 cm³/mol. The minimum absolute atomic E-state index is 0.933. The Balaban J connectivity index is 1.87. The molecule has 4 aromatic rings. The van der Waals surface area contributed by atoms with Gasteiger partial charge in [0.15, 0.2) is 0 Å². The summed E-state index contributed by atoms with van der Waals surface area (Å²) in [6, 6.07) is 33.1. The second-order valence-electron chi connectivity index (χ2n) is 8.66. The van der Waals surface area contributed by atoms with E-state index in [4.69, 9.17) is 0 Å². The summed E-state index contributed by atoms with van der Waals surface area (Å²) >= 11 is 6.86. The molecule has 0 aromatic heterocycles. The molecule has 0 amide bonds. The summed E-state index contributed by atoms with van der Waals surface area (Å²) in [5, 5.41) is 0. The van der Waals surface area contributed by atoms with E-state index in [0.717, 1.165) is 22.3 Å². The van der Waals surface area contributed by atoms with Crippen LogP contribution in [-0.4, -0.2) is 33.1 Å². The molecule has 200 valence electrons. The van der Waals surface area contributed by atoms with Crippen LogP contribution >= 0.6 is 47.0 Å². The number of hydrogen-bond acceptors (Lipinski definition) is 4. The molecule has 0 radical (unpaired) electrons. The average Bonchev–Trinajstić information content (AvgIpc) is 3.05. The monoisotopic (exact) mass is 616 g/mol. The van der Waals surface area contributed by atoms with Crippen LogP contribution in [0.25, 0.3) is 0 Å². The molecule has 0 N–H and O–H groups in total. The van der Waals surface area contributed by atoms with E-state index in [9.17, 15) is 0 Å². The molecule has 0 saturated heterocycles. The molecular weight excluding hydrogens is 589 g/mol. The molecule has 0 saturated carbocycles. The largest absolute Gasteiger partial charge is 0.370 e. The van der Waals surface area contributed by atoms with E-state index >= 15 is 0 Å². The quantitative estimate of drug-likeness (QED) is 0.128. The van der Waals surface area contributed by atoms with Crippen molar-refractivity contribution in [2.45, 2.75) is 19.6 Å². The zero-order valence-electron chi connectivity index (χ0n) is 23.4. The zero-order valence-corrected chi connectivity index (χ0v) is 27.6. The maximum Gasteiger partial charge on any atom is 0.370 e. The maximum absolute atomic E-state index is 3.51. The standard InChI is InChI=1S/C36H28S4Si/c1-37-33-13-5-29(6-14-33)21-25-41(26-22-30-7-15-34(38-2)16-8-30,27-23-31-9-17-35(39-3)18-10-31)28-24-32-11-19-36(40-4)20-12-32/h5-20H,1-4H3. The van der Waals surface area contributed by atoms with Crippen molar-refractivity contribution in [1.82, 2.24) is 0 Å². The Bertz CT molecular complexity index is 1440. The molecule has 0 heterocycles. The van der Waals surface area contributed by atoms with Crippen LogP contribution in [0, 0.1) is 45.9 Å². The Morgan fingerprint density at radius 1 is 0.341 bits per heavy atom. The highest BCUT2D eigenvalue weighted by Gasteiger charge is 2.26. The fourth-order valence-electron chi connectivity index (χ4n) is 3.55. The van der Waals surface area contributed by atoms with Gasteiger partial charge in [-0.25, -0.2) is 0 Å². The topological polar surface area (TPSA) is 0 Å². The first-order valence-electron chi connectivity index (χ1n) is 12.7. The molecule has 0 spiro atoms. The Morgan fingerprint density at radius 2 is 0.537 bits per heavy atom. The van der Waals surface area contributed by atoms with Crippen LogP contribution < -0.4 is 0 Å². The molecule has 0 nitrogen and oxygen atoms in total. The van der Waals surface area contributed by atoms with Gasteiger partial charge in [0.25, 0.3) is 0 Å². The van der Waals surface area contributed by atoms with E-state index in [2.05, 4.69) is 168 Å². The molecular formula is C36H28S4Si. The lowest BCUT2D eigenvalue weighted by Crippen LogP contribution is -2.29. The molecule has 4 aromatic carbocycles. The van der Waals surface area contributed by atoms with Gasteiger partial charge in [-0.2, -0.15) is 0 Å². The van der Waals surface area contributed by atoms with E-state index in [1.165, 1.54) is 19.6 Å². The van der Waals surface area contributed by atoms with E-state index < -0.39 is 8.07 Å². The van der Waals surface area contributed by atoms with Gasteiger partial charge in [-0.15, -0.1) is 47.0 Å². The summed E-state index contributed by atoms with van der Waals surface area (Å²) in [6.07, 6.45) is 8.29. The normalized spacial score (nSPS) is 10.0. The lowest BCUT2D eigenvalue weighted by atomic mass is 10.2. The first-order valence-corrected chi connectivity index (χ1v) is 19.6. The summed E-state index contributed by atoms with van der Waals surface area (Å²) in [7, 11) is -3.08. The van der Waals surface area contributed by atoms with Gasteiger partial charge in [0.2, 0.25) is 0 Å². The van der Waals surface area contributed by atoms with E-state index in [1.807, 2.05) is 0 Å². The maximum atomic E-state index is 3.51. The van der Waals surface area contributed by atoms with Gasteiger partial charge < -0.3 is 0 Å². The number of rotatable bonds is 4. The molecule has 0 aliphatic heterocycles. The Kier molecular flexibility index (Phi) is 11.7. The fourth-order valence-corrected chi connectivity index (χ4v) is 6.88. The van der Waals surface area contributed by atoms with Gasteiger partial charge in [-0.3, -0.25) is 0 Å². The molecule has 0 fully saturated rings. The third kappa shape index (κ3) is 9.38. The minimum atomic E-state index is -3.08. The van der Waals surface area contributed by atoms with E-state index in [0.29, 0.717) is 0 Å². The van der Waals surface area contributed by atoms with Gasteiger partial charge in [0.05, 0.1) is 0 Å². The van der Waals surface area contributed by atoms with Crippen LogP contribution in [0.15, 0.2) is 117 Å². The third-order valence-electron chi connectivity index (χ3n) is 5.94. The van der Waals surface area contributed by atoms with Gasteiger partial charge in [0, 0.05) is 41.8 Å². The highest BCUT2D eigenvalue weighted by Crippen LogP contribution is 2.18. The zero-order chi connectivity index (χ0) is 28.9. The van der Waals surface area contributed by atoms with Crippen LogP contribution in [0.3, 0.4) is 0 Å². The van der Waals surface area contributed by atoms with Crippen molar-refractivity contribution in [1.29, 1.82) is 0 Å². The summed E-state index contributed by atoms with van der Waals surface area (Å²) in [5.41, 5.74) is 17.8. The van der Waals surface area contributed by atoms with Gasteiger partial charge in [0.1, 0.15) is 0 Å². The molecule has 0 unspecified atom stereocenters. The SMILES string of the molecule is CSc1ccc(C#C[Si](C#Cc2ccc(SC)cc2)(C#Cc2ccc(SC)cc2)C#Cc2ccc(SC)cc2)cc1. The molecule has 41 heavy (non-hydrogen) atoms.